The fourth-order valence-electron chi connectivity index (χ4n) is 6.97. The molecular formula is C33H46N6O3. The van der Waals surface area contributed by atoms with Crippen LogP contribution in [0.15, 0.2) is 24.4 Å². The number of rotatable bonds is 10. The van der Waals surface area contributed by atoms with Gasteiger partial charge in [-0.25, -0.2) is 14.5 Å². The largest absolute Gasteiger partial charge is 0.461 e. The zero-order valence-electron chi connectivity index (χ0n) is 25.6. The van der Waals surface area contributed by atoms with Crippen LogP contribution in [0.3, 0.4) is 0 Å². The first-order chi connectivity index (χ1) is 20.6. The van der Waals surface area contributed by atoms with E-state index in [1.807, 2.05) is 29.9 Å². The van der Waals surface area contributed by atoms with E-state index in [0.717, 1.165) is 112 Å². The summed E-state index contributed by atoms with van der Waals surface area (Å²) in [6, 6.07) is 6.74. The number of ether oxygens (including phenoxy) is 2. The molecule has 3 aliphatic rings. The Labute approximate surface area is 249 Å². The van der Waals surface area contributed by atoms with Crippen molar-refractivity contribution in [1.82, 2.24) is 24.6 Å². The average molecular weight is 575 g/mol. The molecule has 9 heteroatoms. The number of hydrogen-bond acceptors (Lipinski definition) is 8. The van der Waals surface area contributed by atoms with E-state index in [9.17, 15) is 4.79 Å². The third kappa shape index (κ3) is 5.78. The second-order valence-electron chi connectivity index (χ2n) is 12.0. The predicted octanol–water partition coefficient (Wildman–Crippen LogP) is 5.85. The Bertz CT molecular complexity index is 1370. The van der Waals surface area contributed by atoms with Gasteiger partial charge < -0.3 is 19.3 Å². The third-order valence-corrected chi connectivity index (χ3v) is 9.51. The predicted molar refractivity (Wildman–Crippen MR) is 165 cm³/mol. The van der Waals surface area contributed by atoms with Gasteiger partial charge in [-0.2, -0.15) is 5.10 Å². The fraction of sp³-hybridized carbons (Fsp3) is 0.636. The lowest BCUT2D eigenvalue weighted by molar-refractivity contribution is 0.0520. The Morgan fingerprint density at radius 3 is 2.50 bits per heavy atom. The molecule has 2 saturated heterocycles. The molecule has 3 fully saturated rings. The maximum Gasteiger partial charge on any atom is 0.357 e. The van der Waals surface area contributed by atoms with Crippen LogP contribution in [0.4, 0.5) is 5.69 Å². The van der Waals surface area contributed by atoms with Crippen molar-refractivity contribution in [3.8, 4) is 5.69 Å². The number of hydrogen-bond donors (Lipinski definition) is 0. The van der Waals surface area contributed by atoms with Gasteiger partial charge in [0, 0.05) is 56.1 Å². The summed E-state index contributed by atoms with van der Waals surface area (Å²) in [6.45, 7) is 12.4. The van der Waals surface area contributed by atoms with Gasteiger partial charge in [0.25, 0.3) is 0 Å². The molecule has 226 valence electrons. The van der Waals surface area contributed by atoms with Crippen molar-refractivity contribution in [3.63, 3.8) is 0 Å². The molecule has 5 heterocycles. The SMILES string of the molecule is CCCN(CC)C1CCN(c2cc(C(=O)OCC)nc3c2c(C2CCC2)nn3-c2ccnc(C3CCOCC3)c2)CC1. The van der Waals surface area contributed by atoms with Crippen LogP contribution in [0.1, 0.15) is 106 Å². The Morgan fingerprint density at radius 1 is 1.05 bits per heavy atom. The number of aromatic nitrogens is 4. The van der Waals surface area contributed by atoms with Crippen molar-refractivity contribution in [2.75, 3.05) is 50.9 Å². The van der Waals surface area contributed by atoms with E-state index in [2.05, 4.69) is 29.7 Å². The van der Waals surface area contributed by atoms with Crippen molar-refractivity contribution >= 4 is 22.7 Å². The molecule has 1 saturated carbocycles. The minimum Gasteiger partial charge on any atom is -0.461 e. The van der Waals surface area contributed by atoms with E-state index in [-0.39, 0.29) is 5.97 Å². The summed E-state index contributed by atoms with van der Waals surface area (Å²) in [5.74, 6) is 0.408. The summed E-state index contributed by atoms with van der Waals surface area (Å²) >= 11 is 0. The molecule has 2 aliphatic heterocycles. The average Bonchev–Trinajstić information content (AvgIpc) is 3.38. The van der Waals surface area contributed by atoms with Gasteiger partial charge in [0.2, 0.25) is 0 Å². The summed E-state index contributed by atoms with van der Waals surface area (Å²) in [5, 5.41) is 6.36. The Morgan fingerprint density at radius 2 is 1.83 bits per heavy atom. The van der Waals surface area contributed by atoms with Gasteiger partial charge >= 0.3 is 5.97 Å². The molecule has 0 bridgehead atoms. The number of anilines is 1. The molecule has 0 atom stereocenters. The minimum absolute atomic E-state index is 0.314. The van der Waals surface area contributed by atoms with Crippen molar-refractivity contribution in [2.24, 2.45) is 0 Å². The quantitative estimate of drug-likeness (QED) is 0.279. The molecule has 42 heavy (non-hydrogen) atoms. The van der Waals surface area contributed by atoms with Crippen molar-refractivity contribution in [1.29, 1.82) is 0 Å². The van der Waals surface area contributed by atoms with E-state index < -0.39 is 0 Å². The van der Waals surface area contributed by atoms with Gasteiger partial charge in [-0.15, -0.1) is 0 Å². The van der Waals surface area contributed by atoms with Gasteiger partial charge in [0.05, 0.1) is 29.1 Å². The number of carbonyl (C=O) groups is 1. The summed E-state index contributed by atoms with van der Waals surface area (Å²) in [7, 11) is 0. The van der Waals surface area contributed by atoms with Gasteiger partial charge in [-0.1, -0.05) is 20.3 Å². The van der Waals surface area contributed by atoms with Crippen LogP contribution < -0.4 is 4.90 Å². The number of piperidine rings is 1. The molecule has 0 N–H and O–H groups in total. The molecule has 0 amide bonds. The highest BCUT2D eigenvalue weighted by molar-refractivity contribution is 5.99. The van der Waals surface area contributed by atoms with Crippen molar-refractivity contribution < 1.29 is 14.3 Å². The molecule has 9 nitrogen and oxygen atoms in total. The lowest BCUT2D eigenvalue weighted by Crippen LogP contribution is -2.45. The van der Waals surface area contributed by atoms with Crippen LogP contribution in [0, 0.1) is 0 Å². The van der Waals surface area contributed by atoms with Gasteiger partial charge in [0.15, 0.2) is 11.3 Å². The van der Waals surface area contributed by atoms with E-state index in [1.165, 1.54) is 12.8 Å². The van der Waals surface area contributed by atoms with Gasteiger partial charge in [-0.05, 0) is 83.2 Å². The van der Waals surface area contributed by atoms with Crippen molar-refractivity contribution in [3.05, 3.63) is 41.5 Å². The number of carbonyl (C=O) groups excluding carboxylic acids is 1. The molecule has 0 radical (unpaired) electrons. The van der Waals surface area contributed by atoms with Crippen molar-refractivity contribution in [2.45, 2.75) is 90.0 Å². The lowest BCUT2D eigenvalue weighted by Gasteiger charge is -2.39. The van der Waals surface area contributed by atoms with Gasteiger partial charge in [0.1, 0.15) is 0 Å². The summed E-state index contributed by atoms with van der Waals surface area (Å²) in [6.07, 6.45) is 10.7. The molecule has 6 rings (SSSR count). The van der Waals surface area contributed by atoms with Crippen LogP contribution in [0.2, 0.25) is 0 Å². The highest BCUT2D eigenvalue weighted by Crippen LogP contribution is 2.43. The summed E-state index contributed by atoms with van der Waals surface area (Å²) in [4.78, 5) is 27.9. The number of esters is 1. The second-order valence-corrected chi connectivity index (χ2v) is 12.0. The maximum absolute atomic E-state index is 13.1. The van der Waals surface area contributed by atoms with E-state index in [1.54, 1.807) is 0 Å². The van der Waals surface area contributed by atoms with Gasteiger partial charge in [-0.3, -0.25) is 4.98 Å². The minimum atomic E-state index is -0.383. The van der Waals surface area contributed by atoms with Crippen LogP contribution in [0.5, 0.6) is 0 Å². The summed E-state index contributed by atoms with van der Waals surface area (Å²) < 4.78 is 13.0. The standard InChI is InChI=1S/C33H46N6O3/c1-4-16-37(5-2)25-11-17-38(18-12-25)29-22-28(33(40)42-6-3)35-32-30(29)31(24-8-7-9-24)36-39(32)26-10-15-34-27(21-26)23-13-19-41-20-14-23/h10,15,21-25H,4-9,11-14,16-20H2,1-3H3. The molecule has 0 spiro atoms. The highest BCUT2D eigenvalue weighted by Gasteiger charge is 2.32. The zero-order chi connectivity index (χ0) is 29.1. The third-order valence-electron chi connectivity index (χ3n) is 9.51. The Kier molecular flexibility index (Phi) is 9.05. The number of nitrogens with zero attached hydrogens (tertiary/aromatic N) is 6. The second kappa shape index (κ2) is 13.1. The first kappa shape index (κ1) is 29.1. The first-order valence-electron chi connectivity index (χ1n) is 16.2. The maximum atomic E-state index is 13.1. The molecule has 3 aromatic heterocycles. The monoisotopic (exact) mass is 574 g/mol. The zero-order valence-corrected chi connectivity index (χ0v) is 25.6. The molecular weight excluding hydrogens is 528 g/mol. The van der Waals surface area contributed by atoms with E-state index in [4.69, 9.17) is 24.5 Å². The smallest absolute Gasteiger partial charge is 0.357 e. The van der Waals surface area contributed by atoms with E-state index in [0.29, 0.717) is 30.2 Å². The normalized spacial score (nSPS) is 19.0. The van der Waals surface area contributed by atoms with Crippen LogP contribution in [0.25, 0.3) is 16.7 Å². The Balaban J connectivity index is 1.44. The first-order valence-corrected chi connectivity index (χ1v) is 16.2. The van der Waals surface area contributed by atoms with Crippen LogP contribution >= 0.6 is 0 Å². The lowest BCUT2D eigenvalue weighted by atomic mass is 9.82. The topological polar surface area (TPSA) is 85.6 Å². The van der Waals surface area contributed by atoms with E-state index >= 15 is 0 Å². The highest BCUT2D eigenvalue weighted by atomic mass is 16.5. The number of pyridine rings is 2. The van der Waals surface area contributed by atoms with Crippen LogP contribution in [-0.2, 0) is 9.47 Å². The summed E-state index contributed by atoms with van der Waals surface area (Å²) in [5.41, 5.74) is 5.29. The molecule has 3 aromatic rings. The van der Waals surface area contributed by atoms with Crippen LogP contribution in [-0.4, -0.2) is 82.7 Å². The number of fused-ring (bicyclic) bond motifs is 1. The molecule has 0 aromatic carbocycles. The molecule has 0 unspecified atom stereocenters. The fourth-order valence-corrected chi connectivity index (χ4v) is 6.97. The molecule has 1 aliphatic carbocycles. The Hall–Kier alpha value is -3.04.